The minimum atomic E-state index is -0.974. The number of carbonyl (C=O) groups excluding carboxylic acids is 4. The summed E-state index contributed by atoms with van der Waals surface area (Å²) in [6.07, 6.45) is -0.465. The summed E-state index contributed by atoms with van der Waals surface area (Å²) in [5.74, 6) is -1.52. The van der Waals surface area contributed by atoms with Crippen LogP contribution in [-0.4, -0.2) is 55.5 Å². The summed E-state index contributed by atoms with van der Waals surface area (Å²) < 4.78 is 14.3. The molecule has 0 spiro atoms. The first-order valence-electron chi connectivity index (χ1n) is 9.19. The van der Waals surface area contributed by atoms with E-state index in [9.17, 15) is 19.2 Å². The van der Waals surface area contributed by atoms with Crippen molar-refractivity contribution >= 4 is 24.1 Å². The fourth-order valence-corrected chi connectivity index (χ4v) is 1.56. The number of primary amides is 1. The number of esters is 1. The van der Waals surface area contributed by atoms with Crippen molar-refractivity contribution in [2.45, 2.75) is 66.5 Å². The van der Waals surface area contributed by atoms with Crippen LogP contribution >= 0.6 is 0 Å². The first-order valence-corrected chi connectivity index (χ1v) is 9.19. The molecular formula is C18H35N3O7. The summed E-state index contributed by atoms with van der Waals surface area (Å²) in [5, 5.41) is 4.76. The van der Waals surface area contributed by atoms with Gasteiger partial charge in [-0.05, 0) is 26.7 Å². The minimum Gasteiger partial charge on any atom is -0.461 e. The second kappa shape index (κ2) is 14.5. The van der Waals surface area contributed by atoms with E-state index in [1.54, 1.807) is 34.6 Å². The molecule has 10 heteroatoms. The molecule has 10 nitrogen and oxygen atoms in total. The van der Waals surface area contributed by atoms with E-state index in [1.807, 2.05) is 0 Å². The van der Waals surface area contributed by atoms with Gasteiger partial charge in [-0.1, -0.05) is 34.1 Å². The number of rotatable bonds is 8. The molecule has 0 radical (unpaired) electrons. The van der Waals surface area contributed by atoms with Crippen molar-refractivity contribution in [1.29, 1.82) is 0 Å². The maximum absolute atomic E-state index is 12.0. The monoisotopic (exact) mass is 405 g/mol. The second-order valence-corrected chi connectivity index (χ2v) is 7.19. The van der Waals surface area contributed by atoms with Gasteiger partial charge in [0, 0.05) is 0 Å². The topological polar surface area (TPSA) is 146 Å². The van der Waals surface area contributed by atoms with Crippen LogP contribution in [0, 0.1) is 5.92 Å². The molecule has 0 rings (SSSR count). The summed E-state index contributed by atoms with van der Waals surface area (Å²) in [5.41, 5.74) is 4.09. The van der Waals surface area contributed by atoms with Gasteiger partial charge in [-0.3, -0.25) is 4.79 Å². The average molecular weight is 405 g/mol. The van der Waals surface area contributed by atoms with Gasteiger partial charge < -0.3 is 30.6 Å². The Morgan fingerprint density at radius 2 is 1.50 bits per heavy atom. The molecule has 4 N–H and O–H groups in total. The summed E-state index contributed by atoms with van der Waals surface area (Å²) in [6, 6.07) is -0.915. The van der Waals surface area contributed by atoms with Gasteiger partial charge in [0.25, 0.3) is 0 Å². The van der Waals surface area contributed by atoms with Crippen LogP contribution in [0.1, 0.15) is 54.9 Å². The van der Waals surface area contributed by atoms with Crippen molar-refractivity contribution in [1.82, 2.24) is 10.6 Å². The van der Waals surface area contributed by atoms with E-state index in [-0.39, 0.29) is 25.7 Å². The molecule has 0 aromatic carbocycles. The van der Waals surface area contributed by atoms with Gasteiger partial charge in [0.1, 0.15) is 31.4 Å². The first kappa shape index (κ1) is 27.7. The average Bonchev–Trinajstić information content (AvgIpc) is 2.53. The van der Waals surface area contributed by atoms with E-state index < -0.39 is 35.7 Å². The quantitative estimate of drug-likeness (QED) is 0.316. The molecule has 1 unspecified atom stereocenters. The summed E-state index contributed by atoms with van der Waals surface area (Å²) >= 11 is 0. The van der Waals surface area contributed by atoms with E-state index in [0.717, 1.165) is 0 Å². The van der Waals surface area contributed by atoms with E-state index in [2.05, 4.69) is 29.2 Å². The molecule has 0 aliphatic carbocycles. The highest BCUT2D eigenvalue weighted by Crippen LogP contribution is 2.06. The Bertz CT molecular complexity index is 502. The third kappa shape index (κ3) is 16.9. The first-order chi connectivity index (χ1) is 12.8. The Morgan fingerprint density at radius 1 is 1.00 bits per heavy atom. The van der Waals surface area contributed by atoms with E-state index in [0.29, 0.717) is 0 Å². The molecule has 28 heavy (non-hydrogen) atoms. The molecule has 0 aromatic rings. The van der Waals surface area contributed by atoms with Gasteiger partial charge in [0.05, 0.1) is 0 Å². The highest BCUT2D eigenvalue weighted by atomic mass is 16.6. The number of carbonyl (C=O) groups is 4. The van der Waals surface area contributed by atoms with Gasteiger partial charge in [0.2, 0.25) is 5.91 Å². The molecule has 0 saturated heterocycles. The fourth-order valence-electron chi connectivity index (χ4n) is 1.56. The van der Waals surface area contributed by atoms with Crippen LogP contribution in [0.5, 0.6) is 0 Å². The van der Waals surface area contributed by atoms with E-state index in [1.165, 1.54) is 6.42 Å². The van der Waals surface area contributed by atoms with Crippen LogP contribution in [0.3, 0.4) is 0 Å². The minimum absolute atomic E-state index is 0.181. The molecule has 164 valence electrons. The molecule has 0 aliphatic rings. The van der Waals surface area contributed by atoms with Crippen LogP contribution in [-0.2, 0) is 23.8 Å². The maximum atomic E-state index is 12.0. The Kier molecular flexibility index (Phi) is 14.4. The van der Waals surface area contributed by atoms with Crippen LogP contribution in [0.15, 0.2) is 0 Å². The van der Waals surface area contributed by atoms with Gasteiger partial charge in [-0.2, -0.15) is 0 Å². The smallest absolute Gasteiger partial charge is 0.408 e. The Morgan fingerprint density at radius 3 is 1.93 bits per heavy atom. The summed E-state index contributed by atoms with van der Waals surface area (Å²) in [7, 11) is 0. The van der Waals surface area contributed by atoms with Crippen molar-refractivity contribution in [2.75, 3.05) is 19.8 Å². The predicted octanol–water partition coefficient (Wildman–Crippen LogP) is 1.71. The van der Waals surface area contributed by atoms with E-state index in [4.69, 9.17) is 15.2 Å². The molecule has 0 heterocycles. The van der Waals surface area contributed by atoms with E-state index >= 15 is 0 Å². The van der Waals surface area contributed by atoms with Crippen LogP contribution < -0.4 is 16.4 Å². The number of nitrogens with one attached hydrogen (secondary N) is 2. The SMILES string of the molecule is CC(C)C(NC(=O)CNC(=O)OC(C)(C)C)C(=O)OCCOC(N)=O.CCC. The molecule has 0 bridgehead atoms. The zero-order valence-corrected chi connectivity index (χ0v) is 17.9. The lowest BCUT2D eigenvalue weighted by Gasteiger charge is -2.22. The number of amides is 3. The zero-order valence-electron chi connectivity index (χ0n) is 17.9. The molecule has 0 aromatic heterocycles. The molecule has 0 aliphatic heterocycles. The van der Waals surface area contributed by atoms with Crippen LogP contribution in [0.25, 0.3) is 0 Å². The lowest BCUT2D eigenvalue weighted by atomic mass is 10.0. The summed E-state index contributed by atoms with van der Waals surface area (Å²) in [6.45, 7) is 12.0. The maximum Gasteiger partial charge on any atom is 0.408 e. The van der Waals surface area contributed by atoms with Crippen LogP contribution in [0.4, 0.5) is 9.59 Å². The predicted molar refractivity (Wildman–Crippen MR) is 103 cm³/mol. The second-order valence-electron chi connectivity index (χ2n) is 7.19. The molecule has 3 amide bonds. The number of nitrogens with two attached hydrogens (primary N) is 1. The third-order valence-electron chi connectivity index (χ3n) is 2.60. The number of hydrogen-bond donors (Lipinski definition) is 3. The van der Waals surface area contributed by atoms with Gasteiger partial charge >= 0.3 is 18.2 Å². The summed E-state index contributed by atoms with van der Waals surface area (Å²) in [4.78, 5) is 45.7. The Balaban J connectivity index is 0. The van der Waals surface area contributed by atoms with Gasteiger partial charge in [-0.25, -0.2) is 14.4 Å². The molecule has 1 atom stereocenters. The number of alkyl carbamates (subject to hydrolysis) is 1. The highest BCUT2D eigenvalue weighted by Gasteiger charge is 2.26. The third-order valence-corrected chi connectivity index (χ3v) is 2.60. The van der Waals surface area contributed by atoms with Crippen molar-refractivity contribution in [2.24, 2.45) is 11.7 Å². The van der Waals surface area contributed by atoms with Crippen LogP contribution in [0.2, 0.25) is 0 Å². The number of ether oxygens (including phenoxy) is 3. The Hall–Kier alpha value is -2.52. The molecule has 0 saturated carbocycles. The van der Waals surface area contributed by atoms with Gasteiger partial charge in [0.15, 0.2) is 0 Å². The normalized spacial score (nSPS) is 11.4. The highest BCUT2D eigenvalue weighted by molar-refractivity contribution is 5.87. The lowest BCUT2D eigenvalue weighted by molar-refractivity contribution is -0.150. The zero-order chi connectivity index (χ0) is 22.3. The van der Waals surface area contributed by atoms with Crippen molar-refractivity contribution in [3.63, 3.8) is 0 Å². The lowest BCUT2D eigenvalue weighted by Crippen LogP contribution is -2.49. The van der Waals surface area contributed by atoms with Crippen molar-refractivity contribution < 1.29 is 33.4 Å². The van der Waals surface area contributed by atoms with Gasteiger partial charge in [-0.15, -0.1) is 0 Å². The number of hydrogen-bond acceptors (Lipinski definition) is 7. The fraction of sp³-hybridized carbons (Fsp3) is 0.778. The van der Waals surface area contributed by atoms with Crippen molar-refractivity contribution in [3.8, 4) is 0 Å². The molecule has 0 fully saturated rings. The molecular weight excluding hydrogens is 370 g/mol. The standard InChI is InChI=1S/C15H27N3O7.C3H8/c1-9(2)11(12(20)23-6-7-24-13(16)21)18-10(19)8-17-14(22)25-15(3,4)5;1-3-2/h9,11H,6-8H2,1-5H3,(H2,16,21)(H,17,22)(H,18,19);3H2,1-2H3. The largest absolute Gasteiger partial charge is 0.461 e. The Labute approximate surface area is 166 Å². The van der Waals surface area contributed by atoms with Crippen molar-refractivity contribution in [3.05, 3.63) is 0 Å².